The Kier molecular flexibility index (Phi) is 5.46. The van der Waals surface area contributed by atoms with Crippen LogP contribution in [0.1, 0.15) is 0 Å². The minimum Gasteiger partial charge on any atom is -0.300 e. The lowest BCUT2D eigenvalue weighted by Crippen LogP contribution is -2.29. The SMILES string of the molecule is O=C(Cn1nc(-c2ccc(Cl)cc2)ccc1=O)Nc1nc(-c2cccnc2)cs1. The number of benzene rings is 1. The molecular formula is C20H14ClN5O2S. The smallest absolute Gasteiger partial charge is 0.267 e. The zero-order chi connectivity index (χ0) is 20.2. The quantitative estimate of drug-likeness (QED) is 0.528. The third-order valence-corrected chi connectivity index (χ3v) is 5.02. The summed E-state index contributed by atoms with van der Waals surface area (Å²) >= 11 is 7.20. The summed E-state index contributed by atoms with van der Waals surface area (Å²) in [5.74, 6) is -0.389. The molecule has 0 aliphatic rings. The van der Waals surface area contributed by atoms with Gasteiger partial charge in [0.05, 0.1) is 11.4 Å². The number of halogens is 1. The lowest BCUT2D eigenvalue weighted by molar-refractivity contribution is -0.117. The van der Waals surface area contributed by atoms with Crippen LogP contribution in [0.25, 0.3) is 22.5 Å². The van der Waals surface area contributed by atoms with Gasteiger partial charge in [0.1, 0.15) is 6.54 Å². The first-order valence-corrected chi connectivity index (χ1v) is 9.84. The summed E-state index contributed by atoms with van der Waals surface area (Å²) < 4.78 is 1.12. The predicted octanol–water partition coefficient (Wildman–Crippen LogP) is 3.72. The van der Waals surface area contributed by atoms with Gasteiger partial charge in [-0.1, -0.05) is 23.7 Å². The fraction of sp³-hybridized carbons (Fsp3) is 0.0500. The number of rotatable bonds is 5. The van der Waals surface area contributed by atoms with Gasteiger partial charge in [-0.2, -0.15) is 5.10 Å². The normalized spacial score (nSPS) is 10.7. The monoisotopic (exact) mass is 423 g/mol. The van der Waals surface area contributed by atoms with Crippen LogP contribution >= 0.6 is 22.9 Å². The average Bonchev–Trinajstić information content (AvgIpc) is 3.19. The Morgan fingerprint density at radius 2 is 1.90 bits per heavy atom. The van der Waals surface area contributed by atoms with E-state index < -0.39 is 0 Å². The molecule has 0 aliphatic carbocycles. The third-order valence-electron chi connectivity index (χ3n) is 4.01. The number of carbonyl (C=O) groups is 1. The van der Waals surface area contributed by atoms with Gasteiger partial charge >= 0.3 is 0 Å². The van der Waals surface area contributed by atoms with Crippen molar-refractivity contribution in [2.75, 3.05) is 5.32 Å². The minimum atomic E-state index is -0.389. The largest absolute Gasteiger partial charge is 0.300 e. The molecule has 7 nitrogen and oxygen atoms in total. The minimum absolute atomic E-state index is 0.220. The van der Waals surface area contributed by atoms with E-state index in [9.17, 15) is 9.59 Å². The summed E-state index contributed by atoms with van der Waals surface area (Å²) in [5.41, 5.74) is 2.58. The van der Waals surface area contributed by atoms with Crippen molar-refractivity contribution in [2.24, 2.45) is 0 Å². The van der Waals surface area contributed by atoms with Gasteiger partial charge in [0.15, 0.2) is 5.13 Å². The van der Waals surface area contributed by atoms with Crippen LogP contribution in [0.15, 0.2) is 71.1 Å². The van der Waals surface area contributed by atoms with Gasteiger partial charge in [0.2, 0.25) is 5.91 Å². The molecule has 1 aromatic carbocycles. The topological polar surface area (TPSA) is 89.8 Å². The Labute approximate surface area is 174 Å². The second-order valence-corrected chi connectivity index (χ2v) is 7.34. The van der Waals surface area contributed by atoms with Crippen LogP contribution in [-0.4, -0.2) is 25.7 Å². The molecule has 0 bridgehead atoms. The molecule has 9 heteroatoms. The van der Waals surface area contributed by atoms with E-state index >= 15 is 0 Å². The number of hydrogen-bond acceptors (Lipinski definition) is 6. The summed E-state index contributed by atoms with van der Waals surface area (Å²) in [6.45, 7) is -0.220. The molecule has 1 amide bonds. The van der Waals surface area contributed by atoms with Crippen molar-refractivity contribution in [1.82, 2.24) is 19.7 Å². The molecule has 0 fully saturated rings. The van der Waals surface area contributed by atoms with Crippen molar-refractivity contribution in [2.45, 2.75) is 6.54 Å². The molecule has 4 aromatic rings. The van der Waals surface area contributed by atoms with E-state index in [0.717, 1.165) is 21.5 Å². The predicted molar refractivity (Wildman–Crippen MR) is 113 cm³/mol. The molecule has 3 aromatic heterocycles. The maximum Gasteiger partial charge on any atom is 0.267 e. The van der Waals surface area contributed by atoms with Crippen LogP contribution in [0.5, 0.6) is 0 Å². The van der Waals surface area contributed by atoms with Crippen LogP contribution < -0.4 is 10.9 Å². The van der Waals surface area contributed by atoms with E-state index in [2.05, 4.69) is 20.4 Å². The van der Waals surface area contributed by atoms with E-state index in [4.69, 9.17) is 11.6 Å². The third kappa shape index (κ3) is 4.56. The Bertz CT molecular complexity index is 1210. The van der Waals surface area contributed by atoms with Gasteiger partial charge in [-0.3, -0.25) is 14.6 Å². The van der Waals surface area contributed by atoms with Crippen molar-refractivity contribution in [3.8, 4) is 22.5 Å². The number of hydrogen-bond donors (Lipinski definition) is 1. The number of anilines is 1. The van der Waals surface area contributed by atoms with E-state index in [-0.39, 0.29) is 18.0 Å². The molecule has 0 spiro atoms. The standard InChI is InChI=1S/C20H14ClN5O2S/c21-15-5-3-13(4-6-15)16-7-8-19(28)26(25-16)11-18(27)24-20-23-17(12-29-20)14-2-1-9-22-10-14/h1-10,12H,11H2,(H,23,24,27). The molecule has 144 valence electrons. The molecular weight excluding hydrogens is 410 g/mol. The number of carbonyl (C=O) groups excluding carboxylic acids is 1. The zero-order valence-corrected chi connectivity index (χ0v) is 16.5. The van der Waals surface area contributed by atoms with E-state index in [0.29, 0.717) is 15.8 Å². The van der Waals surface area contributed by atoms with Crippen LogP contribution in [0.3, 0.4) is 0 Å². The second-order valence-electron chi connectivity index (χ2n) is 6.05. The Morgan fingerprint density at radius 3 is 2.66 bits per heavy atom. The summed E-state index contributed by atoms with van der Waals surface area (Å²) in [5, 5.41) is 9.87. The lowest BCUT2D eigenvalue weighted by atomic mass is 10.1. The number of pyridine rings is 1. The fourth-order valence-electron chi connectivity index (χ4n) is 2.61. The summed E-state index contributed by atoms with van der Waals surface area (Å²) in [6, 6.07) is 13.8. The highest BCUT2D eigenvalue weighted by Crippen LogP contribution is 2.24. The summed E-state index contributed by atoms with van der Waals surface area (Å²) in [6.07, 6.45) is 3.38. The maximum absolute atomic E-state index is 12.4. The highest BCUT2D eigenvalue weighted by molar-refractivity contribution is 7.14. The average molecular weight is 424 g/mol. The number of nitrogens with zero attached hydrogens (tertiary/aromatic N) is 4. The first-order chi connectivity index (χ1) is 14.1. The molecule has 1 N–H and O–H groups in total. The lowest BCUT2D eigenvalue weighted by Gasteiger charge is -2.07. The zero-order valence-electron chi connectivity index (χ0n) is 14.9. The number of thiazole rings is 1. The van der Waals surface area contributed by atoms with Gasteiger partial charge < -0.3 is 5.32 Å². The van der Waals surface area contributed by atoms with Gasteiger partial charge in [-0.15, -0.1) is 11.3 Å². The van der Waals surface area contributed by atoms with Crippen LogP contribution in [-0.2, 0) is 11.3 Å². The molecule has 4 rings (SSSR count). The molecule has 0 atom stereocenters. The van der Waals surface area contributed by atoms with Crippen molar-refractivity contribution < 1.29 is 4.79 Å². The highest BCUT2D eigenvalue weighted by atomic mass is 35.5. The first-order valence-electron chi connectivity index (χ1n) is 8.58. The Morgan fingerprint density at radius 1 is 1.07 bits per heavy atom. The van der Waals surface area contributed by atoms with E-state index in [1.165, 1.54) is 17.4 Å². The van der Waals surface area contributed by atoms with Gasteiger partial charge in [-0.25, -0.2) is 9.67 Å². The molecule has 0 radical (unpaired) electrons. The van der Waals surface area contributed by atoms with Gasteiger partial charge in [0, 0.05) is 40.0 Å². The fourth-order valence-corrected chi connectivity index (χ4v) is 3.47. The van der Waals surface area contributed by atoms with Gasteiger partial charge in [-0.05, 0) is 30.3 Å². The molecule has 0 aliphatic heterocycles. The number of aromatic nitrogens is 4. The van der Waals surface area contributed by atoms with Crippen LogP contribution in [0, 0.1) is 0 Å². The maximum atomic E-state index is 12.4. The Hall–Kier alpha value is -3.36. The molecule has 0 unspecified atom stereocenters. The van der Waals surface area contributed by atoms with Crippen LogP contribution in [0.2, 0.25) is 5.02 Å². The molecule has 29 heavy (non-hydrogen) atoms. The summed E-state index contributed by atoms with van der Waals surface area (Å²) in [4.78, 5) is 33.0. The first kappa shape index (κ1) is 19.0. The van der Waals surface area contributed by atoms with Crippen molar-refractivity contribution in [3.05, 3.63) is 81.7 Å². The highest BCUT2D eigenvalue weighted by Gasteiger charge is 2.11. The Balaban J connectivity index is 1.49. The van der Waals surface area contributed by atoms with Crippen molar-refractivity contribution in [3.63, 3.8) is 0 Å². The van der Waals surface area contributed by atoms with Crippen LogP contribution in [0.4, 0.5) is 5.13 Å². The number of nitrogens with one attached hydrogen (secondary N) is 1. The van der Waals surface area contributed by atoms with Gasteiger partial charge in [0.25, 0.3) is 5.56 Å². The van der Waals surface area contributed by atoms with E-state index in [1.807, 2.05) is 17.5 Å². The molecule has 0 saturated heterocycles. The summed E-state index contributed by atoms with van der Waals surface area (Å²) in [7, 11) is 0. The molecule has 0 saturated carbocycles. The van der Waals surface area contributed by atoms with Crippen molar-refractivity contribution >= 4 is 34.0 Å². The number of amides is 1. The van der Waals surface area contributed by atoms with E-state index in [1.54, 1.807) is 42.7 Å². The van der Waals surface area contributed by atoms with Crippen molar-refractivity contribution in [1.29, 1.82) is 0 Å². The molecule has 3 heterocycles. The second kappa shape index (κ2) is 8.34.